The predicted molar refractivity (Wildman–Crippen MR) is 633 cm³/mol. The summed E-state index contributed by atoms with van der Waals surface area (Å²) in [5.41, 5.74) is 37.9. The van der Waals surface area contributed by atoms with Gasteiger partial charge in [0.2, 0.25) is 0 Å². The largest absolute Gasteiger partial charge is 0.258 e. The van der Waals surface area contributed by atoms with E-state index >= 15 is 0 Å². The lowest BCUT2D eigenvalue weighted by atomic mass is 9.92. The van der Waals surface area contributed by atoms with Crippen LogP contribution in [0.4, 0.5) is 0 Å². The molecule has 0 N–H and O–H groups in total. The molecule has 20 rings (SSSR count). The second-order valence-electron chi connectivity index (χ2n) is 39.2. The van der Waals surface area contributed by atoms with E-state index in [4.69, 9.17) is 4.98 Å². The predicted octanol–water partition coefficient (Wildman–Crippen LogP) is 29.1. The zero-order valence-corrected chi connectivity index (χ0v) is 92.9. The molecule has 147 heavy (non-hydrogen) atoms. The molecule has 740 valence electrons. The first-order valence-corrected chi connectivity index (χ1v) is 54.9. The number of aryl methyl sites for hydroxylation is 25. The van der Waals surface area contributed by atoms with Crippen LogP contribution in [0, 0.1) is 173 Å². The normalized spacial score (nSPS) is 10.6. The Hall–Kier alpha value is -15.7. The van der Waals surface area contributed by atoms with Crippen LogP contribution in [-0.4, -0.2) is 56.0 Å². The molecule has 0 amide bonds. The van der Waals surface area contributed by atoms with Gasteiger partial charge in [-0.2, -0.15) is 0 Å². The van der Waals surface area contributed by atoms with Crippen molar-refractivity contribution in [2.24, 2.45) is 0 Å². The average molecular weight is 1960 g/mol. The lowest BCUT2D eigenvalue weighted by molar-refractivity contribution is 0.875. The van der Waals surface area contributed by atoms with Gasteiger partial charge in [0.15, 0.2) is 16.1 Å². The molecule has 0 atom stereocenters. The SMILES string of the molecule is Cc1cc(C)cc(C)c1.Cc1cc(C)nc(C)c1.Cc1cc(C)nc(C)n1.Cc1ccc(-c2cc(-c3ccc(C)cc3)cc(-c3ccc(C)cc3)c2)cc1.Cc1ccc(-c2cccc(-c3ccc(C)cc3)n2)cc1.Cc1ccc([Si](c2ccc(C)cc2)(c2ccc(C)cc2)c2ccc(C)cc2)cc1.Cc1ccc([Si](c2ccccc2)(c2ccccc2)c2ccc(C)cc2)cc1.Cc1cccc(C)n1.Cc1nc(C)nc(C)n1. The molecular weight excluding hydrogens is 1810 g/mol. The van der Waals surface area contributed by atoms with E-state index in [1.807, 2.05) is 93.5 Å². The third-order valence-electron chi connectivity index (χ3n) is 25.5. The van der Waals surface area contributed by atoms with Crippen LogP contribution in [0.3, 0.4) is 0 Å². The smallest absolute Gasteiger partial charge is 0.179 e. The van der Waals surface area contributed by atoms with Crippen LogP contribution in [0.1, 0.15) is 141 Å². The standard InChI is InChI=1S/C28H28Si.C27H24.C26H24Si.C19H17N.C9H12.C8H11N.C7H10N2.C7H9N.C6H9N3/c1-21-5-13-25(14-6-21)29(26-15-7-22(2)8-16-26,27-17-9-23(3)10-18-27)28-19-11-24(4)12-20-28;1-19-4-10-22(11-5-19)25-16-26(23-12-6-20(2)7-13-23)18-27(17-25)24-14-8-21(3)9-15-24;1-21-13-17-25(18-14-21)27(23-9-5-3-6-10-23,24-11-7-4-8-12-24)26-19-15-22(2)16-20-26;1-14-6-10-16(11-7-14)18-4-3-5-19(20-18)17-12-8-15(2)9-13-17;1-7-4-8(2)6-9(3)5-7;1-6-4-7(2)9-8(3)5-6;1-5-4-6(2)9-7(3)8-5;1-6-4-3-5-7(2)8-6;1-4-7-5(2)9-6(3)8-4/h5-20H,1-4H3;4-18H,1-3H3;3-20H,1-2H3;3-13H,1-2H3;4-6H,1-3H3;4-5H,1-3H3;4H,1-3H3;3-5H,1-2H3;1-3H3. The topological polar surface area (TPSA) is 103 Å². The maximum Gasteiger partial charge on any atom is 0.179 e. The van der Waals surface area contributed by atoms with Gasteiger partial charge in [0, 0.05) is 45.3 Å². The lowest BCUT2D eigenvalue weighted by Crippen LogP contribution is -2.74. The van der Waals surface area contributed by atoms with E-state index in [1.165, 1.54) is 158 Å². The van der Waals surface area contributed by atoms with Gasteiger partial charge in [-0.1, -0.05) is 436 Å². The molecule has 0 saturated heterocycles. The van der Waals surface area contributed by atoms with Gasteiger partial charge in [-0.3, -0.25) is 9.97 Å². The van der Waals surface area contributed by atoms with Gasteiger partial charge in [-0.15, -0.1) is 0 Å². The first-order valence-electron chi connectivity index (χ1n) is 50.9. The monoisotopic (exact) mass is 1960 g/mol. The molecule has 0 spiro atoms. The molecular formula is C137H144N8Si2. The molecule has 8 nitrogen and oxygen atoms in total. The van der Waals surface area contributed by atoms with Crippen molar-refractivity contribution in [3.05, 3.63) is 559 Å². The molecule has 10 heteroatoms. The highest BCUT2D eigenvalue weighted by Gasteiger charge is 2.43. The summed E-state index contributed by atoms with van der Waals surface area (Å²) in [5, 5.41) is 11.4. The van der Waals surface area contributed by atoms with Crippen molar-refractivity contribution < 1.29 is 0 Å². The lowest BCUT2D eigenvalue weighted by Gasteiger charge is -2.34. The summed E-state index contributed by atoms with van der Waals surface area (Å²) in [6, 6.07) is 152. The zero-order chi connectivity index (χ0) is 105. The zero-order valence-electron chi connectivity index (χ0n) is 90.9. The summed E-state index contributed by atoms with van der Waals surface area (Å²) >= 11 is 0. The number of benzene rings is 15. The third kappa shape index (κ3) is 32.1. The van der Waals surface area contributed by atoms with Crippen LogP contribution in [0.2, 0.25) is 0 Å². The highest BCUT2D eigenvalue weighted by molar-refractivity contribution is 7.20. The highest BCUT2D eigenvalue weighted by Crippen LogP contribution is 2.34. The van der Waals surface area contributed by atoms with Crippen molar-refractivity contribution in [1.29, 1.82) is 0 Å². The average Bonchev–Trinajstić information content (AvgIpc) is 0.735. The van der Waals surface area contributed by atoms with Crippen LogP contribution in [0.5, 0.6) is 0 Å². The van der Waals surface area contributed by atoms with E-state index < -0.39 is 16.1 Å². The Labute approximate surface area is 879 Å². The van der Waals surface area contributed by atoms with Crippen molar-refractivity contribution >= 4 is 57.6 Å². The molecule has 0 unspecified atom stereocenters. The fourth-order valence-electron chi connectivity index (χ4n) is 18.4. The molecule has 5 aromatic heterocycles. The van der Waals surface area contributed by atoms with E-state index in [0.29, 0.717) is 0 Å². The van der Waals surface area contributed by atoms with E-state index in [1.54, 1.807) is 0 Å². The van der Waals surface area contributed by atoms with Gasteiger partial charge in [0.25, 0.3) is 0 Å². The van der Waals surface area contributed by atoms with Gasteiger partial charge >= 0.3 is 0 Å². The molecule has 0 radical (unpaired) electrons. The van der Waals surface area contributed by atoms with Crippen molar-refractivity contribution in [1.82, 2.24) is 39.9 Å². The fraction of sp³-hybridized carbons (Fsp3) is 0.182. The maximum absolute atomic E-state index is 4.77. The van der Waals surface area contributed by atoms with Crippen LogP contribution >= 0.6 is 0 Å². The molecule has 5 heterocycles. The van der Waals surface area contributed by atoms with Crippen molar-refractivity contribution in [2.75, 3.05) is 0 Å². The Morgan fingerprint density at radius 1 is 0.116 bits per heavy atom. The molecule has 0 aliphatic rings. The molecule has 20 aromatic rings. The Morgan fingerprint density at radius 3 is 0.524 bits per heavy atom. The number of hydrogen-bond acceptors (Lipinski definition) is 8. The first kappa shape index (κ1) is 110. The van der Waals surface area contributed by atoms with Crippen molar-refractivity contribution in [3.63, 3.8) is 0 Å². The van der Waals surface area contributed by atoms with Crippen LogP contribution in [0.15, 0.2) is 419 Å². The van der Waals surface area contributed by atoms with Crippen LogP contribution in [-0.2, 0) is 0 Å². The quantitative estimate of drug-likeness (QED) is 0.0831. The van der Waals surface area contributed by atoms with E-state index in [0.717, 1.165) is 80.0 Å². The van der Waals surface area contributed by atoms with E-state index in [-0.39, 0.29) is 0 Å². The second kappa shape index (κ2) is 53.2. The summed E-state index contributed by atoms with van der Waals surface area (Å²) in [6.07, 6.45) is 0. The van der Waals surface area contributed by atoms with Crippen LogP contribution < -0.4 is 41.5 Å². The Morgan fingerprint density at radius 2 is 0.306 bits per heavy atom. The summed E-state index contributed by atoms with van der Waals surface area (Å²) < 4.78 is 0. The summed E-state index contributed by atoms with van der Waals surface area (Å²) in [5.74, 6) is 3.23. The summed E-state index contributed by atoms with van der Waals surface area (Å²) in [7, 11) is -4.74. The first-order chi connectivity index (χ1) is 70.5. The Bertz CT molecular complexity index is 6660. The number of rotatable bonds is 13. The van der Waals surface area contributed by atoms with Crippen LogP contribution in [0.25, 0.3) is 55.9 Å². The number of nitrogens with zero attached hydrogens (tertiary/aromatic N) is 8. The van der Waals surface area contributed by atoms with E-state index in [9.17, 15) is 0 Å². The van der Waals surface area contributed by atoms with E-state index in [2.05, 4.69) is 533 Å². The molecule has 0 aliphatic carbocycles. The fourth-order valence-corrected chi connectivity index (χ4v) is 27.8. The van der Waals surface area contributed by atoms with Gasteiger partial charge in [-0.25, -0.2) is 29.9 Å². The van der Waals surface area contributed by atoms with Gasteiger partial charge in [-0.05, 0) is 314 Å². The third-order valence-corrected chi connectivity index (χ3v) is 35.1. The Kier molecular flexibility index (Phi) is 39.8. The number of aromatic nitrogens is 8. The molecule has 15 aromatic carbocycles. The number of pyridine rings is 3. The number of hydrogen-bond donors (Lipinski definition) is 0. The molecule has 0 fully saturated rings. The van der Waals surface area contributed by atoms with Crippen molar-refractivity contribution in [3.8, 4) is 55.9 Å². The molecule has 0 aliphatic heterocycles. The van der Waals surface area contributed by atoms with Gasteiger partial charge in [0.05, 0.1) is 11.4 Å². The van der Waals surface area contributed by atoms with Gasteiger partial charge in [0.1, 0.15) is 23.3 Å². The minimum atomic E-state index is -2.39. The van der Waals surface area contributed by atoms with Gasteiger partial charge < -0.3 is 0 Å². The minimum absolute atomic E-state index is 0.792. The second-order valence-corrected chi connectivity index (χ2v) is 46.8. The maximum atomic E-state index is 4.77. The Balaban J connectivity index is 0.000000153. The summed E-state index contributed by atoms with van der Waals surface area (Å²) in [4.78, 5) is 33.5. The molecule has 0 bridgehead atoms. The van der Waals surface area contributed by atoms with Crippen molar-refractivity contribution in [2.45, 2.75) is 173 Å². The molecule has 0 saturated carbocycles. The summed E-state index contributed by atoms with van der Waals surface area (Å²) in [6.45, 7) is 51.5. The minimum Gasteiger partial charge on any atom is -0.258 e. The highest BCUT2D eigenvalue weighted by atomic mass is 28.3.